The molecule has 0 spiro atoms. The van der Waals surface area contributed by atoms with E-state index < -0.39 is 0 Å². The molecule has 1 N–H and O–H groups in total. The summed E-state index contributed by atoms with van der Waals surface area (Å²) in [5.74, 6) is 0.360. The van der Waals surface area contributed by atoms with Crippen molar-refractivity contribution in [1.82, 2.24) is 10.2 Å². The van der Waals surface area contributed by atoms with Crippen molar-refractivity contribution >= 4 is 5.91 Å². The van der Waals surface area contributed by atoms with E-state index in [2.05, 4.69) is 17.1 Å². The minimum atomic E-state index is 0.122. The zero-order valence-electron chi connectivity index (χ0n) is 9.67. The molecule has 2 atom stereocenters. The van der Waals surface area contributed by atoms with Crippen LogP contribution in [-0.2, 0) is 4.79 Å². The second kappa shape index (κ2) is 4.97. The lowest BCUT2D eigenvalue weighted by atomic mass is 9.99. The Morgan fingerprint density at radius 2 is 2.20 bits per heavy atom. The Bertz CT molecular complexity index is 224. The molecule has 0 aromatic heterocycles. The highest BCUT2D eigenvalue weighted by molar-refractivity contribution is 5.82. The molecule has 0 unspecified atom stereocenters. The van der Waals surface area contributed by atoms with Crippen molar-refractivity contribution in [2.45, 2.75) is 57.5 Å². The number of amides is 1. The fourth-order valence-corrected chi connectivity index (χ4v) is 2.81. The van der Waals surface area contributed by atoms with E-state index in [1.165, 1.54) is 19.3 Å². The molecule has 0 aliphatic carbocycles. The minimum absolute atomic E-state index is 0.122. The maximum Gasteiger partial charge on any atom is 0.239 e. The van der Waals surface area contributed by atoms with Crippen molar-refractivity contribution in [3.63, 3.8) is 0 Å². The normalized spacial score (nSPS) is 31.9. The summed E-state index contributed by atoms with van der Waals surface area (Å²) in [7, 11) is 0. The van der Waals surface area contributed by atoms with Gasteiger partial charge >= 0.3 is 0 Å². The van der Waals surface area contributed by atoms with Gasteiger partial charge in [-0.1, -0.05) is 6.92 Å². The number of carbonyl (C=O) groups excluding carboxylic acids is 1. The van der Waals surface area contributed by atoms with Crippen LogP contribution in [-0.4, -0.2) is 36.0 Å². The van der Waals surface area contributed by atoms with Gasteiger partial charge in [0.25, 0.3) is 0 Å². The third-order valence-electron chi connectivity index (χ3n) is 3.74. The van der Waals surface area contributed by atoms with Crippen LogP contribution in [0.5, 0.6) is 0 Å². The number of hydrogen-bond acceptors (Lipinski definition) is 2. The molecule has 2 aliphatic heterocycles. The van der Waals surface area contributed by atoms with Crippen molar-refractivity contribution in [2.24, 2.45) is 0 Å². The van der Waals surface area contributed by atoms with Gasteiger partial charge in [-0.05, 0) is 45.1 Å². The average molecular weight is 210 g/mol. The number of hydrogen-bond donors (Lipinski definition) is 1. The van der Waals surface area contributed by atoms with Gasteiger partial charge in [-0.15, -0.1) is 0 Å². The molecular weight excluding hydrogens is 188 g/mol. The van der Waals surface area contributed by atoms with Gasteiger partial charge in [0.05, 0.1) is 6.04 Å². The van der Waals surface area contributed by atoms with Crippen LogP contribution in [0.25, 0.3) is 0 Å². The van der Waals surface area contributed by atoms with E-state index in [-0.39, 0.29) is 6.04 Å². The second-order valence-corrected chi connectivity index (χ2v) is 4.74. The van der Waals surface area contributed by atoms with Crippen LogP contribution >= 0.6 is 0 Å². The molecule has 3 heteroatoms. The summed E-state index contributed by atoms with van der Waals surface area (Å²) in [6.45, 7) is 4.19. The molecule has 15 heavy (non-hydrogen) atoms. The third kappa shape index (κ3) is 2.33. The highest BCUT2D eigenvalue weighted by Gasteiger charge is 2.31. The van der Waals surface area contributed by atoms with Crippen molar-refractivity contribution < 1.29 is 4.79 Å². The molecule has 2 rings (SSSR count). The zero-order chi connectivity index (χ0) is 10.7. The molecule has 0 aromatic rings. The van der Waals surface area contributed by atoms with Crippen LogP contribution in [0, 0.1) is 0 Å². The molecule has 3 nitrogen and oxygen atoms in total. The number of nitrogens with zero attached hydrogens (tertiary/aromatic N) is 1. The highest BCUT2D eigenvalue weighted by Crippen LogP contribution is 2.21. The standard InChI is InChI=1S/C12H22N2O/c1-2-10-6-3-4-9-14(10)12(15)11-7-5-8-13-11/h10-11,13H,2-9H2,1H3/t10-,11-/m1/s1. The number of carbonyl (C=O) groups is 1. The molecule has 0 bridgehead atoms. The van der Waals surface area contributed by atoms with Crippen molar-refractivity contribution in [3.8, 4) is 0 Å². The van der Waals surface area contributed by atoms with Gasteiger partial charge in [0.2, 0.25) is 5.91 Å². The minimum Gasteiger partial charge on any atom is -0.338 e. The van der Waals surface area contributed by atoms with Crippen molar-refractivity contribution in [2.75, 3.05) is 13.1 Å². The average Bonchev–Trinajstić information content (AvgIpc) is 2.81. The van der Waals surface area contributed by atoms with E-state index in [0.29, 0.717) is 11.9 Å². The molecule has 0 radical (unpaired) electrons. The van der Waals surface area contributed by atoms with Gasteiger partial charge in [-0.25, -0.2) is 0 Å². The summed E-state index contributed by atoms with van der Waals surface area (Å²) in [6.07, 6.45) is 6.98. The Morgan fingerprint density at radius 3 is 2.87 bits per heavy atom. The quantitative estimate of drug-likeness (QED) is 0.749. The lowest BCUT2D eigenvalue weighted by Crippen LogP contribution is -2.50. The van der Waals surface area contributed by atoms with Crippen LogP contribution in [0.2, 0.25) is 0 Å². The molecular formula is C12H22N2O. The van der Waals surface area contributed by atoms with E-state index in [4.69, 9.17) is 0 Å². The predicted molar refractivity (Wildman–Crippen MR) is 60.7 cm³/mol. The Labute approximate surface area is 92.2 Å². The first-order chi connectivity index (χ1) is 7.33. The van der Waals surface area contributed by atoms with Crippen LogP contribution in [0.15, 0.2) is 0 Å². The van der Waals surface area contributed by atoms with Gasteiger partial charge in [0.1, 0.15) is 0 Å². The number of rotatable bonds is 2. The summed E-state index contributed by atoms with van der Waals surface area (Å²) in [5.41, 5.74) is 0. The monoisotopic (exact) mass is 210 g/mol. The van der Waals surface area contributed by atoms with Crippen LogP contribution in [0.3, 0.4) is 0 Å². The summed E-state index contributed by atoms with van der Waals surface area (Å²) in [4.78, 5) is 14.4. The fourth-order valence-electron chi connectivity index (χ4n) is 2.81. The summed E-state index contributed by atoms with van der Waals surface area (Å²) in [5, 5.41) is 3.31. The van der Waals surface area contributed by atoms with Gasteiger partial charge < -0.3 is 10.2 Å². The first-order valence-electron chi connectivity index (χ1n) is 6.36. The van der Waals surface area contributed by atoms with E-state index in [1.807, 2.05) is 0 Å². The van der Waals surface area contributed by atoms with Crippen LogP contribution < -0.4 is 5.32 Å². The van der Waals surface area contributed by atoms with Gasteiger partial charge in [-0.2, -0.15) is 0 Å². The molecule has 86 valence electrons. The molecule has 2 aliphatic rings. The lowest BCUT2D eigenvalue weighted by molar-refractivity contribution is -0.136. The summed E-state index contributed by atoms with van der Waals surface area (Å²) in [6, 6.07) is 0.630. The molecule has 2 heterocycles. The Balaban J connectivity index is 1.96. The van der Waals surface area contributed by atoms with E-state index >= 15 is 0 Å². The molecule has 2 fully saturated rings. The first-order valence-corrected chi connectivity index (χ1v) is 6.36. The van der Waals surface area contributed by atoms with Gasteiger partial charge in [0.15, 0.2) is 0 Å². The Hall–Kier alpha value is -0.570. The first kappa shape index (κ1) is 10.9. The lowest BCUT2D eigenvalue weighted by Gasteiger charge is -2.36. The summed E-state index contributed by atoms with van der Waals surface area (Å²) < 4.78 is 0. The maximum atomic E-state index is 12.2. The molecule has 2 saturated heterocycles. The maximum absolute atomic E-state index is 12.2. The van der Waals surface area contributed by atoms with E-state index in [9.17, 15) is 4.79 Å². The molecule has 0 saturated carbocycles. The zero-order valence-corrected chi connectivity index (χ0v) is 9.67. The Kier molecular flexibility index (Phi) is 3.62. The van der Waals surface area contributed by atoms with Crippen molar-refractivity contribution in [1.29, 1.82) is 0 Å². The second-order valence-electron chi connectivity index (χ2n) is 4.74. The fraction of sp³-hybridized carbons (Fsp3) is 0.917. The SMILES string of the molecule is CC[C@@H]1CCCCN1C(=O)[C@H]1CCCN1. The number of nitrogens with one attached hydrogen (secondary N) is 1. The van der Waals surface area contributed by atoms with E-state index in [1.54, 1.807) is 0 Å². The Morgan fingerprint density at radius 1 is 1.33 bits per heavy atom. The molecule has 1 amide bonds. The molecule has 0 aromatic carbocycles. The topological polar surface area (TPSA) is 32.3 Å². The predicted octanol–water partition coefficient (Wildman–Crippen LogP) is 1.53. The van der Waals surface area contributed by atoms with Gasteiger partial charge in [-0.3, -0.25) is 4.79 Å². The van der Waals surface area contributed by atoms with Crippen molar-refractivity contribution in [3.05, 3.63) is 0 Å². The largest absolute Gasteiger partial charge is 0.338 e. The van der Waals surface area contributed by atoms with E-state index in [0.717, 1.165) is 32.4 Å². The highest BCUT2D eigenvalue weighted by atomic mass is 16.2. The summed E-state index contributed by atoms with van der Waals surface area (Å²) >= 11 is 0. The number of likely N-dealkylation sites (tertiary alicyclic amines) is 1. The number of piperidine rings is 1. The third-order valence-corrected chi connectivity index (χ3v) is 3.74. The van der Waals surface area contributed by atoms with Gasteiger partial charge in [0, 0.05) is 12.6 Å². The smallest absolute Gasteiger partial charge is 0.239 e. The van der Waals surface area contributed by atoms with Crippen LogP contribution in [0.4, 0.5) is 0 Å². The van der Waals surface area contributed by atoms with Crippen LogP contribution in [0.1, 0.15) is 45.4 Å².